The standard InChI is InChI=1S/C15H16N4OS3/c1-8(2)16-11(20)7-22-15-13-14(23-9(3)17-13)12(18-19-15)10-5-4-6-21-10/h4-6,8H,7H2,1-3H3,(H,16,20). The average Bonchev–Trinajstić information content (AvgIpc) is 3.12. The van der Waals surface area contributed by atoms with E-state index in [1.807, 2.05) is 38.3 Å². The summed E-state index contributed by atoms with van der Waals surface area (Å²) in [6.07, 6.45) is 0. The quantitative estimate of drug-likeness (QED) is 0.699. The second-order valence-corrected chi connectivity index (χ2v) is 8.37. The van der Waals surface area contributed by atoms with E-state index >= 15 is 0 Å². The second kappa shape index (κ2) is 6.94. The van der Waals surface area contributed by atoms with Crippen LogP contribution in [-0.4, -0.2) is 32.9 Å². The fourth-order valence-electron chi connectivity index (χ4n) is 2.09. The van der Waals surface area contributed by atoms with Crippen molar-refractivity contribution in [2.75, 3.05) is 5.75 Å². The number of hydrogen-bond acceptors (Lipinski definition) is 7. The number of thiazole rings is 1. The second-order valence-electron chi connectivity index (χ2n) is 5.25. The van der Waals surface area contributed by atoms with Gasteiger partial charge in [-0.3, -0.25) is 4.79 Å². The van der Waals surface area contributed by atoms with Crippen molar-refractivity contribution in [3.8, 4) is 10.6 Å². The number of thioether (sulfide) groups is 1. The number of amides is 1. The van der Waals surface area contributed by atoms with Gasteiger partial charge in [-0.1, -0.05) is 17.8 Å². The summed E-state index contributed by atoms with van der Waals surface area (Å²) in [6.45, 7) is 5.86. The Balaban J connectivity index is 1.91. The van der Waals surface area contributed by atoms with Crippen LogP contribution >= 0.6 is 34.4 Å². The highest BCUT2D eigenvalue weighted by atomic mass is 32.2. The molecule has 23 heavy (non-hydrogen) atoms. The number of carbonyl (C=O) groups excluding carboxylic acids is 1. The van der Waals surface area contributed by atoms with Crippen LogP contribution in [0.3, 0.4) is 0 Å². The molecule has 1 amide bonds. The topological polar surface area (TPSA) is 67.8 Å². The van der Waals surface area contributed by atoms with Crippen LogP contribution in [0.1, 0.15) is 18.9 Å². The molecule has 120 valence electrons. The molecule has 0 fully saturated rings. The van der Waals surface area contributed by atoms with Gasteiger partial charge in [0.25, 0.3) is 0 Å². The Morgan fingerprint density at radius 3 is 2.91 bits per heavy atom. The molecule has 5 nitrogen and oxygen atoms in total. The maximum absolute atomic E-state index is 11.8. The van der Waals surface area contributed by atoms with E-state index in [0.717, 1.165) is 25.8 Å². The summed E-state index contributed by atoms with van der Waals surface area (Å²) in [5.74, 6) is 0.311. The summed E-state index contributed by atoms with van der Waals surface area (Å²) < 4.78 is 1.03. The number of nitrogens with zero attached hydrogens (tertiary/aromatic N) is 3. The molecule has 0 bridgehead atoms. The van der Waals surface area contributed by atoms with Gasteiger partial charge in [-0.25, -0.2) is 4.98 Å². The molecule has 0 saturated heterocycles. The zero-order valence-corrected chi connectivity index (χ0v) is 15.4. The van der Waals surface area contributed by atoms with Crippen molar-refractivity contribution in [2.45, 2.75) is 31.8 Å². The first-order valence-corrected chi connectivity index (χ1v) is 9.82. The van der Waals surface area contributed by atoms with Gasteiger partial charge in [0.15, 0.2) is 0 Å². The van der Waals surface area contributed by atoms with E-state index in [2.05, 4.69) is 20.5 Å². The Bertz CT molecular complexity index is 827. The minimum Gasteiger partial charge on any atom is -0.353 e. The maximum atomic E-state index is 11.8. The van der Waals surface area contributed by atoms with Crippen molar-refractivity contribution in [1.29, 1.82) is 0 Å². The summed E-state index contributed by atoms with van der Waals surface area (Å²) in [5, 5.41) is 15.3. The molecule has 0 aromatic carbocycles. The number of aromatic nitrogens is 3. The van der Waals surface area contributed by atoms with Crippen LogP contribution in [-0.2, 0) is 4.79 Å². The lowest BCUT2D eigenvalue weighted by Crippen LogP contribution is -2.31. The predicted octanol–water partition coefficient (Wildman–Crippen LogP) is 3.74. The molecular weight excluding hydrogens is 348 g/mol. The number of thiophene rings is 1. The van der Waals surface area contributed by atoms with Gasteiger partial charge >= 0.3 is 0 Å². The third kappa shape index (κ3) is 3.70. The van der Waals surface area contributed by atoms with Crippen LogP contribution in [0.2, 0.25) is 0 Å². The average molecular weight is 365 g/mol. The number of carbonyl (C=O) groups is 1. The fourth-order valence-corrected chi connectivity index (χ4v) is 4.59. The first-order chi connectivity index (χ1) is 11.0. The monoisotopic (exact) mass is 364 g/mol. The van der Waals surface area contributed by atoms with Crippen LogP contribution in [0, 0.1) is 6.92 Å². The zero-order chi connectivity index (χ0) is 16.4. The lowest BCUT2D eigenvalue weighted by molar-refractivity contribution is -0.119. The van der Waals surface area contributed by atoms with Crippen molar-refractivity contribution in [1.82, 2.24) is 20.5 Å². The van der Waals surface area contributed by atoms with Gasteiger partial charge in [0.05, 0.1) is 20.3 Å². The lowest BCUT2D eigenvalue weighted by Gasteiger charge is -2.07. The smallest absolute Gasteiger partial charge is 0.230 e. The first kappa shape index (κ1) is 16.4. The van der Waals surface area contributed by atoms with E-state index in [-0.39, 0.29) is 11.9 Å². The van der Waals surface area contributed by atoms with Gasteiger partial charge in [-0.2, -0.15) is 0 Å². The molecule has 0 atom stereocenters. The maximum Gasteiger partial charge on any atom is 0.230 e. The SMILES string of the molecule is Cc1nc2c(SCC(=O)NC(C)C)nnc(-c3cccs3)c2s1. The molecule has 0 aliphatic heterocycles. The zero-order valence-electron chi connectivity index (χ0n) is 13.0. The Morgan fingerprint density at radius 2 is 2.22 bits per heavy atom. The van der Waals surface area contributed by atoms with Crippen LogP contribution in [0.5, 0.6) is 0 Å². The predicted molar refractivity (Wildman–Crippen MR) is 97.3 cm³/mol. The molecular formula is C15H16N4OS3. The van der Waals surface area contributed by atoms with Gasteiger partial charge in [0.1, 0.15) is 16.2 Å². The van der Waals surface area contributed by atoms with Crippen LogP contribution in [0.25, 0.3) is 20.8 Å². The van der Waals surface area contributed by atoms with E-state index in [0.29, 0.717) is 10.8 Å². The third-order valence-electron chi connectivity index (χ3n) is 2.94. The Morgan fingerprint density at radius 1 is 1.39 bits per heavy atom. The van der Waals surface area contributed by atoms with Crippen molar-refractivity contribution in [2.24, 2.45) is 0 Å². The van der Waals surface area contributed by atoms with Crippen molar-refractivity contribution < 1.29 is 4.79 Å². The Labute approximate surface area is 146 Å². The molecule has 3 rings (SSSR count). The molecule has 8 heteroatoms. The first-order valence-electron chi connectivity index (χ1n) is 7.14. The van der Waals surface area contributed by atoms with Crippen molar-refractivity contribution >= 4 is 50.6 Å². The van der Waals surface area contributed by atoms with Gasteiger partial charge in [0, 0.05) is 6.04 Å². The van der Waals surface area contributed by atoms with E-state index in [9.17, 15) is 4.79 Å². The lowest BCUT2D eigenvalue weighted by atomic mass is 10.3. The molecule has 1 N–H and O–H groups in total. The molecule has 0 spiro atoms. The van der Waals surface area contributed by atoms with Gasteiger partial charge in [0.2, 0.25) is 5.91 Å². The van der Waals surface area contributed by atoms with Crippen molar-refractivity contribution in [3.63, 3.8) is 0 Å². The minimum atomic E-state index is -0.00534. The molecule has 0 aliphatic carbocycles. The summed E-state index contributed by atoms with van der Waals surface area (Å²) >= 11 is 4.63. The largest absolute Gasteiger partial charge is 0.353 e. The number of aryl methyl sites for hydroxylation is 1. The van der Waals surface area contributed by atoms with Crippen LogP contribution < -0.4 is 5.32 Å². The van der Waals surface area contributed by atoms with Gasteiger partial charge < -0.3 is 5.32 Å². The highest BCUT2D eigenvalue weighted by molar-refractivity contribution is 8.00. The molecule has 3 heterocycles. The molecule has 0 radical (unpaired) electrons. The van der Waals surface area contributed by atoms with E-state index in [4.69, 9.17) is 0 Å². The van der Waals surface area contributed by atoms with Crippen LogP contribution in [0.15, 0.2) is 22.5 Å². The van der Waals surface area contributed by atoms with E-state index in [1.165, 1.54) is 11.8 Å². The number of rotatable bonds is 5. The molecule has 3 aromatic heterocycles. The highest BCUT2D eigenvalue weighted by Gasteiger charge is 2.17. The Kier molecular flexibility index (Phi) is 4.93. The highest BCUT2D eigenvalue weighted by Crippen LogP contribution is 2.36. The normalized spacial score (nSPS) is 11.3. The molecule has 0 unspecified atom stereocenters. The van der Waals surface area contributed by atoms with Crippen LogP contribution in [0.4, 0.5) is 0 Å². The summed E-state index contributed by atoms with van der Waals surface area (Å²) in [7, 11) is 0. The summed E-state index contributed by atoms with van der Waals surface area (Å²) in [6, 6.07) is 4.17. The van der Waals surface area contributed by atoms with E-state index in [1.54, 1.807) is 22.7 Å². The summed E-state index contributed by atoms with van der Waals surface area (Å²) in [4.78, 5) is 17.5. The molecule has 0 saturated carbocycles. The fraction of sp³-hybridized carbons (Fsp3) is 0.333. The molecule has 0 aliphatic rings. The van der Waals surface area contributed by atoms with Gasteiger partial charge in [-0.05, 0) is 32.2 Å². The van der Waals surface area contributed by atoms with Gasteiger partial charge in [-0.15, -0.1) is 32.9 Å². The van der Waals surface area contributed by atoms with E-state index < -0.39 is 0 Å². The number of hydrogen-bond donors (Lipinski definition) is 1. The Hall–Kier alpha value is -1.51. The minimum absolute atomic E-state index is 0.00534. The number of fused-ring (bicyclic) bond motifs is 1. The number of nitrogens with one attached hydrogen (secondary N) is 1. The third-order valence-corrected chi connectivity index (χ3v) is 5.75. The molecule has 3 aromatic rings. The summed E-state index contributed by atoms with van der Waals surface area (Å²) in [5.41, 5.74) is 1.71. The van der Waals surface area contributed by atoms with Crippen molar-refractivity contribution in [3.05, 3.63) is 22.5 Å².